The molecule has 3 aromatic carbocycles. The molecule has 3 aromatic rings. The third-order valence-corrected chi connectivity index (χ3v) is 5.61. The Bertz CT molecular complexity index is 1240. The molecule has 7 heteroatoms. The van der Waals surface area contributed by atoms with Gasteiger partial charge in [0, 0.05) is 11.6 Å². The third kappa shape index (κ3) is 3.77. The van der Waals surface area contributed by atoms with Crippen LogP contribution in [0.4, 0.5) is 4.39 Å². The van der Waals surface area contributed by atoms with Crippen molar-refractivity contribution in [3.63, 3.8) is 0 Å². The van der Waals surface area contributed by atoms with Crippen molar-refractivity contribution in [2.45, 2.75) is 11.8 Å². The molecule has 0 spiro atoms. The van der Waals surface area contributed by atoms with Crippen molar-refractivity contribution in [2.75, 3.05) is 0 Å². The molecule has 0 aliphatic carbocycles. The van der Waals surface area contributed by atoms with Crippen LogP contribution in [0.5, 0.6) is 11.5 Å². The first-order valence-electron chi connectivity index (χ1n) is 8.67. The summed E-state index contributed by atoms with van der Waals surface area (Å²) in [7, 11) is -4.03. The summed E-state index contributed by atoms with van der Waals surface area (Å²) < 4.78 is 49.4. The Labute approximate surface area is 167 Å². The maximum Gasteiger partial charge on any atom is 0.339 e. The van der Waals surface area contributed by atoms with Gasteiger partial charge in [0.05, 0.1) is 5.56 Å². The molecule has 146 valence electrons. The van der Waals surface area contributed by atoms with Gasteiger partial charge < -0.3 is 8.92 Å². The van der Waals surface area contributed by atoms with E-state index in [1.165, 1.54) is 48.5 Å². The predicted molar refractivity (Wildman–Crippen MR) is 105 cm³/mol. The molecule has 5 nitrogen and oxygen atoms in total. The number of ether oxygens (including phenoxy) is 1. The van der Waals surface area contributed by atoms with E-state index in [1.807, 2.05) is 6.92 Å². The standard InChI is InChI=1S/C22H15FO5S/c1-14-6-9-17(10-7-14)29(25,26)28-16-8-11-18-20(13-16)27-21(22(18)24)12-15-4-2-3-5-19(15)23/h2-13H,1H3. The number of rotatable bonds is 4. The summed E-state index contributed by atoms with van der Waals surface area (Å²) >= 11 is 0. The van der Waals surface area contributed by atoms with Crippen molar-refractivity contribution in [3.8, 4) is 11.5 Å². The topological polar surface area (TPSA) is 69.7 Å². The number of hydrogen-bond acceptors (Lipinski definition) is 5. The fourth-order valence-corrected chi connectivity index (χ4v) is 3.75. The fourth-order valence-electron chi connectivity index (χ4n) is 2.83. The van der Waals surface area contributed by atoms with Crippen LogP contribution in [0, 0.1) is 12.7 Å². The molecule has 1 aliphatic heterocycles. The summed E-state index contributed by atoms with van der Waals surface area (Å²) in [4.78, 5) is 12.5. The molecule has 1 heterocycles. The first-order valence-corrected chi connectivity index (χ1v) is 10.1. The van der Waals surface area contributed by atoms with Crippen molar-refractivity contribution in [2.24, 2.45) is 0 Å². The zero-order valence-corrected chi connectivity index (χ0v) is 16.1. The molecule has 0 amide bonds. The quantitative estimate of drug-likeness (QED) is 0.467. The van der Waals surface area contributed by atoms with Crippen LogP contribution in [-0.4, -0.2) is 14.2 Å². The maximum atomic E-state index is 13.8. The van der Waals surface area contributed by atoms with Gasteiger partial charge in [0.15, 0.2) is 5.76 Å². The SMILES string of the molecule is Cc1ccc(S(=O)(=O)Oc2ccc3c(c2)OC(=Cc2ccccc2F)C3=O)cc1. The van der Waals surface area contributed by atoms with Gasteiger partial charge in [0.25, 0.3) is 0 Å². The lowest BCUT2D eigenvalue weighted by molar-refractivity contribution is 0.101. The molecule has 0 saturated heterocycles. The lowest BCUT2D eigenvalue weighted by Gasteiger charge is -2.08. The van der Waals surface area contributed by atoms with Gasteiger partial charge >= 0.3 is 10.1 Å². The van der Waals surface area contributed by atoms with Crippen molar-refractivity contribution in [1.29, 1.82) is 0 Å². The molecule has 0 radical (unpaired) electrons. The lowest BCUT2D eigenvalue weighted by atomic mass is 10.1. The van der Waals surface area contributed by atoms with Crippen LogP contribution < -0.4 is 8.92 Å². The molecule has 29 heavy (non-hydrogen) atoms. The van der Waals surface area contributed by atoms with Gasteiger partial charge in [-0.05, 0) is 43.3 Å². The van der Waals surface area contributed by atoms with Crippen molar-refractivity contribution >= 4 is 22.0 Å². The van der Waals surface area contributed by atoms with Gasteiger partial charge in [-0.15, -0.1) is 0 Å². The number of fused-ring (bicyclic) bond motifs is 1. The number of hydrogen-bond donors (Lipinski definition) is 0. The highest BCUT2D eigenvalue weighted by atomic mass is 32.2. The number of Topliss-reactive ketones (excluding diaryl/α,β-unsaturated/α-hetero) is 1. The van der Waals surface area contributed by atoms with Crippen LogP contribution in [0.2, 0.25) is 0 Å². The molecule has 0 bridgehead atoms. The first-order chi connectivity index (χ1) is 13.8. The van der Waals surface area contributed by atoms with E-state index >= 15 is 0 Å². The van der Waals surface area contributed by atoms with E-state index in [0.29, 0.717) is 0 Å². The Hall–Kier alpha value is -3.45. The van der Waals surface area contributed by atoms with Crippen LogP contribution >= 0.6 is 0 Å². The van der Waals surface area contributed by atoms with E-state index in [1.54, 1.807) is 24.3 Å². The molecule has 0 atom stereocenters. The minimum absolute atomic E-state index is 0.00395. The minimum Gasteiger partial charge on any atom is -0.452 e. The fraction of sp³-hybridized carbons (Fsp3) is 0.0455. The minimum atomic E-state index is -4.03. The van der Waals surface area contributed by atoms with E-state index < -0.39 is 21.7 Å². The Kier molecular flexibility index (Phi) is 4.68. The Morgan fingerprint density at radius 3 is 2.45 bits per heavy atom. The van der Waals surface area contributed by atoms with Gasteiger partial charge in [0.2, 0.25) is 5.78 Å². The number of carbonyl (C=O) groups is 1. The van der Waals surface area contributed by atoms with Gasteiger partial charge in [-0.2, -0.15) is 8.42 Å². The van der Waals surface area contributed by atoms with Crippen LogP contribution in [-0.2, 0) is 10.1 Å². The summed E-state index contributed by atoms with van der Waals surface area (Å²) in [5, 5.41) is 0. The third-order valence-electron chi connectivity index (χ3n) is 4.35. The summed E-state index contributed by atoms with van der Waals surface area (Å²) in [5.41, 5.74) is 1.37. The number of aryl methyl sites for hydroxylation is 1. The zero-order chi connectivity index (χ0) is 20.6. The Morgan fingerprint density at radius 2 is 1.72 bits per heavy atom. The van der Waals surface area contributed by atoms with Crippen LogP contribution in [0.15, 0.2) is 77.4 Å². The lowest BCUT2D eigenvalue weighted by Crippen LogP contribution is -2.09. The molecular weight excluding hydrogens is 395 g/mol. The molecule has 0 fully saturated rings. The highest BCUT2D eigenvalue weighted by molar-refractivity contribution is 7.87. The first kappa shape index (κ1) is 18.9. The van der Waals surface area contributed by atoms with E-state index in [0.717, 1.165) is 5.56 Å². The second-order valence-corrected chi connectivity index (χ2v) is 8.02. The molecule has 0 N–H and O–H groups in total. The normalized spacial score (nSPS) is 14.6. The Morgan fingerprint density at radius 1 is 1.00 bits per heavy atom. The van der Waals surface area contributed by atoms with Crippen LogP contribution in [0.25, 0.3) is 6.08 Å². The van der Waals surface area contributed by atoms with Crippen molar-refractivity contribution in [1.82, 2.24) is 0 Å². The molecule has 0 aromatic heterocycles. The van der Waals surface area contributed by atoms with E-state index in [2.05, 4.69) is 0 Å². The monoisotopic (exact) mass is 410 g/mol. The van der Waals surface area contributed by atoms with Crippen LogP contribution in [0.3, 0.4) is 0 Å². The second-order valence-electron chi connectivity index (χ2n) is 6.47. The predicted octanol–water partition coefficient (Wildman–Crippen LogP) is 4.52. The molecule has 0 saturated carbocycles. The van der Waals surface area contributed by atoms with E-state index in [9.17, 15) is 17.6 Å². The maximum absolute atomic E-state index is 13.8. The number of halogens is 1. The van der Waals surface area contributed by atoms with E-state index in [4.69, 9.17) is 8.92 Å². The number of benzene rings is 3. The summed E-state index contributed by atoms with van der Waals surface area (Å²) in [6, 6.07) is 16.3. The average Bonchev–Trinajstić information content (AvgIpc) is 2.98. The molecule has 0 unspecified atom stereocenters. The summed E-state index contributed by atoms with van der Waals surface area (Å²) in [6.45, 7) is 1.85. The Balaban J connectivity index is 1.61. The highest BCUT2D eigenvalue weighted by Crippen LogP contribution is 2.35. The van der Waals surface area contributed by atoms with Crippen molar-refractivity contribution in [3.05, 3.63) is 95.0 Å². The van der Waals surface area contributed by atoms with Gasteiger partial charge in [-0.25, -0.2) is 4.39 Å². The summed E-state index contributed by atoms with van der Waals surface area (Å²) in [6.07, 6.45) is 1.31. The zero-order valence-electron chi connectivity index (χ0n) is 15.3. The smallest absolute Gasteiger partial charge is 0.339 e. The van der Waals surface area contributed by atoms with E-state index in [-0.39, 0.29) is 33.3 Å². The second kappa shape index (κ2) is 7.18. The molecule has 1 aliphatic rings. The number of carbonyl (C=O) groups excluding carboxylic acids is 1. The number of ketones is 1. The van der Waals surface area contributed by atoms with Crippen molar-refractivity contribution < 1.29 is 26.5 Å². The van der Waals surface area contributed by atoms with Gasteiger partial charge in [-0.1, -0.05) is 35.9 Å². The highest BCUT2D eigenvalue weighted by Gasteiger charge is 2.29. The van der Waals surface area contributed by atoms with Gasteiger partial charge in [0.1, 0.15) is 22.2 Å². The number of allylic oxidation sites excluding steroid dienone is 1. The summed E-state index contributed by atoms with van der Waals surface area (Å²) in [5.74, 6) is -0.807. The average molecular weight is 410 g/mol. The van der Waals surface area contributed by atoms with Crippen LogP contribution in [0.1, 0.15) is 21.5 Å². The largest absolute Gasteiger partial charge is 0.452 e. The molecule has 4 rings (SSSR count). The molecular formula is C22H15FO5S. The van der Waals surface area contributed by atoms with Gasteiger partial charge in [-0.3, -0.25) is 4.79 Å².